The number of hydrogen-bond donors (Lipinski definition) is 1. The van der Waals surface area contributed by atoms with E-state index in [2.05, 4.69) is 10.4 Å². The number of carbonyl (C=O) groups is 2. The third-order valence-electron chi connectivity index (χ3n) is 4.92. The van der Waals surface area contributed by atoms with Crippen LogP contribution in [-0.2, 0) is 4.79 Å². The molecule has 3 rings (SSSR count). The van der Waals surface area contributed by atoms with Gasteiger partial charge in [-0.3, -0.25) is 9.59 Å². The number of halogens is 1. The van der Waals surface area contributed by atoms with Crippen LogP contribution in [0.3, 0.4) is 0 Å². The van der Waals surface area contributed by atoms with Crippen LogP contribution in [0, 0.1) is 26.6 Å². The average Bonchev–Trinajstić information content (AvgIpc) is 3.06. The lowest BCUT2D eigenvalue weighted by atomic mass is 10.1. The van der Waals surface area contributed by atoms with Gasteiger partial charge in [-0.15, -0.1) is 0 Å². The van der Waals surface area contributed by atoms with Gasteiger partial charge < -0.3 is 10.2 Å². The van der Waals surface area contributed by atoms with E-state index in [0.717, 1.165) is 16.8 Å². The normalized spacial score (nSPS) is 10.7. The van der Waals surface area contributed by atoms with Crippen molar-refractivity contribution < 1.29 is 14.0 Å². The molecule has 0 aliphatic carbocycles. The van der Waals surface area contributed by atoms with Gasteiger partial charge in [-0.2, -0.15) is 5.10 Å². The van der Waals surface area contributed by atoms with E-state index in [0.29, 0.717) is 16.9 Å². The second-order valence-corrected chi connectivity index (χ2v) is 6.99. The number of anilines is 1. The van der Waals surface area contributed by atoms with Crippen molar-refractivity contribution in [3.05, 3.63) is 76.9 Å². The maximum atomic E-state index is 13.1. The molecule has 0 radical (unpaired) electrons. The molecular weight excluding hydrogens is 371 g/mol. The molecule has 29 heavy (non-hydrogen) atoms. The number of rotatable bonds is 5. The van der Waals surface area contributed by atoms with Gasteiger partial charge in [0.05, 0.1) is 29.7 Å². The van der Waals surface area contributed by atoms with Gasteiger partial charge in [0, 0.05) is 12.7 Å². The van der Waals surface area contributed by atoms with Crippen molar-refractivity contribution in [2.45, 2.75) is 20.8 Å². The first-order valence-corrected chi connectivity index (χ1v) is 9.20. The molecule has 0 bridgehead atoms. The lowest BCUT2D eigenvalue weighted by Crippen LogP contribution is -2.35. The lowest BCUT2D eigenvalue weighted by molar-refractivity contribution is -0.116. The quantitative estimate of drug-likeness (QED) is 0.718. The summed E-state index contributed by atoms with van der Waals surface area (Å²) in [5.74, 6) is -0.936. The fourth-order valence-corrected chi connectivity index (χ4v) is 3.03. The highest BCUT2D eigenvalue weighted by molar-refractivity contribution is 6.00. The molecule has 2 amide bonds. The molecule has 1 aromatic heterocycles. The van der Waals surface area contributed by atoms with E-state index in [4.69, 9.17) is 0 Å². The second kappa shape index (κ2) is 8.26. The first-order valence-electron chi connectivity index (χ1n) is 9.20. The Kier molecular flexibility index (Phi) is 5.77. The molecule has 6 nitrogen and oxygen atoms in total. The van der Waals surface area contributed by atoms with Crippen LogP contribution in [0.1, 0.15) is 27.2 Å². The summed E-state index contributed by atoms with van der Waals surface area (Å²) in [6.45, 7) is 5.58. The van der Waals surface area contributed by atoms with Crippen LogP contribution in [0.5, 0.6) is 0 Å². The number of nitrogens with zero attached hydrogens (tertiary/aromatic N) is 3. The highest BCUT2D eigenvalue weighted by atomic mass is 19.1. The number of carbonyl (C=O) groups excluding carboxylic acids is 2. The number of amides is 2. The van der Waals surface area contributed by atoms with Crippen LogP contribution >= 0.6 is 0 Å². The number of aryl methyl sites for hydroxylation is 1. The van der Waals surface area contributed by atoms with Crippen LogP contribution in [0.25, 0.3) is 5.69 Å². The number of aromatic nitrogens is 2. The molecule has 150 valence electrons. The number of benzene rings is 2. The van der Waals surface area contributed by atoms with Crippen molar-refractivity contribution >= 4 is 17.5 Å². The molecule has 3 aromatic rings. The van der Waals surface area contributed by atoms with Crippen LogP contribution in [-0.4, -0.2) is 40.1 Å². The Balaban J connectivity index is 1.71. The molecule has 0 aliphatic heterocycles. The topological polar surface area (TPSA) is 67.2 Å². The van der Waals surface area contributed by atoms with Crippen molar-refractivity contribution in [2.24, 2.45) is 0 Å². The molecule has 0 unspecified atom stereocenters. The smallest absolute Gasteiger partial charge is 0.257 e. The Morgan fingerprint density at radius 3 is 2.48 bits per heavy atom. The van der Waals surface area contributed by atoms with Crippen LogP contribution in [0.4, 0.5) is 10.1 Å². The van der Waals surface area contributed by atoms with Crippen molar-refractivity contribution in [3.8, 4) is 5.69 Å². The van der Waals surface area contributed by atoms with Crippen LogP contribution in [0.15, 0.2) is 48.7 Å². The fourth-order valence-electron chi connectivity index (χ4n) is 3.03. The van der Waals surface area contributed by atoms with Gasteiger partial charge in [-0.25, -0.2) is 9.07 Å². The van der Waals surface area contributed by atoms with Gasteiger partial charge in [0.1, 0.15) is 5.82 Å². The van der Waals surface area contributed by atoms with Gasteiger partial charge >= 0.3 is 0 Å². The van der Waals surface area contributed by atoms with E-state index >= 15 is 0 Å². The molecule has 0 spiro atoms. The van der Waals surface area contributed by atoms with Gasteiger partial charge in [0.2, 0.25) is 5.91 Å². The number of nitrogens with one attached hydrogen (secondary N) is 1. The highest BCUT2D eigenvalue weighted by Crippen LogP contribution is 2.19. The van der Waals surface area contributed by atoms with Crippen LogP contribution < -0.4 is 5.32 Å². The van der Waals surface area contributed by atoms with E-state index in [1.54, 1.807) is 30.8 Å². The standard InChI is InChI=1S/C22H23FN4O2/c1-14-6-5-7-20(15(14)2)25-21(28)13-26(4)22(29)19-12-24-27(16(19)3)18-10-8-17(23)9-11-18/h5-12H,13H2,1-4H3,(H,25,28). The predicted molar refractivity (Wildman–Crippen MR) is 110 cm³/mol. The summed E-state index contributed by atoms with van der Waals surface area (Å²) >= 11 is 0. The molecular formula is C22H23FN4O2. The average molecular weight is 394 g/mol. The van der Waals surface area contributed by atoms with Crippen molar-refractivity contribution in [2.75, 3.05) is 18.9 Å². The predicted octanol–water partition coefficient (Wildman–Crippen LogP) is 3.65. The Hall–Kier alpha value is -3.48. The summed E-state index contributed by atoms with van der Waals surface area (Å²) in [5.41, 5.74) is 4.46. The Morgan fingerprint density at radius 2 is 1.79 bits per heavy atom. The molecule has 1 N–H and O–H groups in total. The molecule has 0 aliphatic rings. The third kappa shape index (κ3) is 4.34. The molecule has 2 aromatic carbocycles. The Bertz CT molecular complexity index is 1060. The maximum absolute atomic E-state index is 13.1. The number of likely N-dealkylation sites (N-methyl/N-ethyl adjacent to an activating group) is 1. The van der Waals surface area contributed by atoms with Gasteiger partial charge in [-0.1, -0.05) is 12.1 Å². The van der Waals surface area contributed by atoms with Crippen LogP contribution in [0.2, 0.25) is 0 Å². The third-order valence-corrected chi connectivity index (χ3v) is 4.92. The zero-order valence-corrected chi connectivity index (χ0v) is 16.9. The molecule has 0 fully saturated rings. The summed E-state index contributed by atoms with van der Waals surface area (Å²) in [6.07, 6.45) is 1.46. The number of hydrogen-bond acceptors (Lipinski definition) is 3. The lowest BCUT2D eigenvalue weighted by Gasteiger charge is -2.17. The molecule has 1 heterocycles. The molecule has 0 atom stereocenters. The Morgan fingerprint density at radius 1 is 1.10 bits per heavy atom. The minimum atomic E-state index is -0.343. The summed E-state index contributed by atoms with van der Waals surface area (Å²) in [5, 5.41) is 7.08. The van der Waals surface area contributed by atoms with Gasteiger partial charge in [0.25, 0.3) is 5.91 Å². The molecule has 0 saturated heterocycles. The Labute approximate surface area is 169 Å². The van der Waals surface area contributed by atoms with E-state index in [1.807, 2.05) is 32.0 Å². The second-order valence-electron chi connectivity index (χ2n) is 6.99. The summed E-state index contributed by atoms with van der Waals surface area (Å²) in [6, 6.07) is 11.5. The van der Waals surface area contributed by atoms with Gasteiger partial charge in [-0.05, 0) is 62.2 Å². The minimum Gasteiger partial charge on any atom is -0.332 e. The van der Waals surface area contributed by atoms with E-state index < -0.39 is 0 Å². The van der Waals surface area contributed by atoms with Crippen molar-refractivity contribution in [1.82, 2.24) is 14.7 Å². The SMILES string of the molecule is Cc1cccc(NC(=O)CN(C)C(=O)c2cnn(-c3ccc(F)cc3)c2C)c1C. The summed E-state index contributed by atoms with van der Waals surface area (Å²) in [4.78, 5) is 26.6. The molecule has 7 heteroatoms. The minimum absolute atomic E-state index is 0.0899. The monoisotopic (exact) mass is 394 g/mol. The van der Waals surface area contributed by atoms with Gasteiger partial charge in [0.15, 0.2) is 0 Å². The van der Waals surface area contributed by atoms with E-state index in [1.165, 1.54) is 23.2 Å². The maximum Gasteiger partial charge on any atom is 0.257 e. The van der Waals surface area contributed by atoms with Crippen molar-refractivity contribution in [1.29, 1.82) is 0 Å². The van der Waals surface area contributed by atoms with Crippen molar-refractivity contribution in [3.63, 3.8) is 0 Å². The summed E-state index contributed by atoms with van der Waals surface area (Å²) in [7, 11) is 1.57. The zero-order valence-electron chi connectivity index (χ0n) is 16.9. The first-order chi connectivity index (χ1) is 13.8. The highest BCUT2D eigenvalue weighted by Gasteiger charge is 2.20. The fraction of sp³-hybridized carbons (Fsp3) is 0.227. The van der Waals surface area contributed by atoms with E-state index in [9.17, 15) is 14.0 Å². The molecule has 0 saturated carbocycles. The zero-order chi connectivity index (χ0) is 21.1. The largest absolute Gasteiger partial charge is 0.332 e. The van der Waals surface area contributed by atoms with E-state index in [-0.39, 0.29) is 24.2 Å². The first kappa shape index (κ1) is 20.3. The summed E-state index contributed by atoms with van der Waals surface area (Å²) < 4.78 is 14.7.